The number of aryl methyl sites for hydroxylation is 1. The van der Waals surface area contributed by atoms with Gasteiger partial charge in [0, 0.05) is 46.5 Å². The molecule has 1 aromatic carbocycles. The molecule has 0 amide bonds. The number of benzene rings is 1. The van der Waals surface area contributed by atoms with Crippen molar-refractivity contribution in [1.82, 2.24) is 14.3 Å². The summed E-state index contributed by atoms with van der Waals surface area (Å²) in [5.74, 6) is -4.85. The molecule has 0 radical (unpaired) electrons. The molecule has 0 saturated carbocycles. The summed E-state index contributed by atoms with van der Waals surface area (Å²) in [5, 5.41) is 17.6. The van der Waals surface area contributed by atoms with Crippen LogP contribution in [0, 0.1) is 25.0 Å². The summed E-state index contributed by atoms with van der Waals surface area (Å²) in [5.41, 5.74) is 2.75. The van der Waals surface area contributed by atoms with Gasteiger partial charge in [-0.3, -0.25) is 14.3 Å². The molecule has 1 saturated heterocycles. The molecule has 0 N–H and O–H groups in total. The first-order valence-electron chi connectivity index (χ1n) is 10.4. The Morgan fingerprint density at radius 3 is 2.34 bits per heavy atom. The lowest BCUT2D eigenvalue weighted by Gasteiger charge is -2.35. The van der Waals surface area contributed by atoms with E-state index in [1.807, 2.05) is 41.8 Å². The summed E-state index contributed by atoms with van der Waals surface area (Å²) in [7, 11) is 1.73. The van der Waals surface area contributed by atoms with Gasteiger partial charge < -0.3 is 14.7 Å². The zero-order valence-electron chi connectivity index (χ0n) is 18.7. The second kappa shape index (κ2) is 7.81. The second-order valence-electron chi connectivity index (χ2n) is 8.54. The fourth-order valence-corrected chi connectivity index (χ4v) is 4.15. The van der Waals surface area contributed by atoms with Crippen LogP contribution in [0.5, 0.6) is 0 Å². The minimum atomic E-state index is -1.37. The minimum absolute atomic E-state index is 0.260. The molecule has 32 heavy (non-hydrogen) atoms. The van der Waals surface area contributed by atoms with Gasteiger partial charge in [-0.15, -0.1) is 0 Å². The molecule has 1 aliphatic heterocycles. The van der Waals surface area contributed by atoms with Gasteiger partial charge in [-0.1, -0.05) is 30.3 Å². The van der Waals surface area contributed by atoms with E-state index < -0.39 is 29.6 Å². The molecule has 1 atom stereocenters. The Bertz CT molecular complexity index is 1160. The number of hydrogen-bond donors (Lipinski definition) is 0. The van der Waals surface area contributed by atoms with Gasteiger partial charge in [0.2, 0.25) is 0 Å². The molecule has 9 heteroatoms. The van der Waals surface area contributed by atoms with E-state index in [-0.39, 0.29) is 5.82 Å². The SMILES string of the molecule is Cc1c(C)[n+]([O-])c([C@@H](c2cnn(C)c2)C2C(=O)OC(C)(C)OC2=O)n1Cc1ccccc1. The highest BCUT2D eigenvalue weighted by molar-refractivity contribution is 5.98. The number of ether oxygens (including phenoxy) is 2. The number of hydrogen-bond acceptors (Lipinski definition) is 6. The minimum Gasteiger partial charge on any atom is -0.711 e. The number of nitrogens with zero attached hydrogens (tertiary/aromatic N) is 4. The van der Waals surface area contributed by atoms with Crippen molar-refractivity contribution in [2.75, 3.05) is 0 Å². The highest BCUT2D eigenvalue weighted by Crippen LogP contribution is 2.38. The van der Waals surface area contributed by atoms with Crippen LogP contribution < -0.4 is 4.73 Å². The zero-order valence-corrected chi connectivity index (χ0v) is 18.7. The molecule has 2 aromatic heterocycles. The molecular weight excluding hydrogens is 412 g/mol. The van der Waals surface area contributed by atoms with Crippen molar-refractivity contribution >= 4 is 11.9 Å². The molecule has 168 valence electrons. The van der Waals surface area contributed by atoms with Crippen molar-refractivity contribution in [3.05, 3.63) is 76.3 Å². The maximum Gasteiger partial charge on any atom is 0.324 e. The van der Waals surface area contributed by atoms with Crippen LogP contribution in [0.1, 0.15) is 48.1 Å². The average Bonchev–Trinajstić information content (AvgIpc) is 3.23. The highest BCUT2D eigenvalue weighted by Gasteiger charge is 2.52. The molecule has 0 spiro atoms. The standard InChI is InChI=1S/C23H26N4O5/c1-14-15(2)27(30)20(26(14)12-16-9-7-6-8-10-16)18(17-11-24-25(5)13-17)19-21(28)31-23(3,4)32-22(19)29/h6-11,13,18-19H,12H2,1-5H3/t18-/m0/s1. The van der Waals surface area contributed by atoms with E-state index in [2.05, 4.69) is 5.10 Å². The number of carbonyl (C=O) groups is 2. The summed E-state index contributed by atoms with van der Waals surface area (Å²) >= 11 is 0. The maximum atomic E-state index is 13.4. The van der Waals surface area contributed by atoms with Gasteiger partial charge >= 0.3 is 11.9 Å². The van der Waals surface area contributed by atoms with E-state index in [4.69, 9.17) is 9.47 Å². The monoisotopic (exact) mass is 438 g/mol. The Labute approximate surface area is 185 Å². The predicted octanol–water partition coefficient (Wildman–Crippen LogP) is 2.10. The van der Waals surface area contributed by atoms with Crippen molar-refractivity contribution in [3.63, 3.8) is 0 Å². The van der Waals surface area contributed by atoms with Crippen LogP contribution in [0.2, 0.25) is 0 Å². The smallest absolute Gasteiger partial charge is 0.324 e. The van der Waals surface area contributed by atoms with Crippen molar-refractivity contribution in [2.45, 2.75) is 45.9 Å². The molecule has 3 heterocycles. The summed E-state index contributed by atoms with van der Waals surface area (Å²) in [6, 6.07) is 9.67. The molecule has 0 unspecified atom stereocenters. The van der Waals surface area contributed by atoms with Gasteiger partial charge in [0.05, 0.1) is 6.20 Å². The largest absolute Gasteiger partial charge is 0.711 e. The molecule has 1 aliphatic rings. The third kappa shape index (κ3) is 3.74. The molecule has 4 rings (SSSR count). The van der Waals surface area contributed by atoms with Crippen LogP contribution in [0.15, 0.2) is 42.7 Å². The van der Waals surface area contributed by atoms with Gasteiger partial charge in [0.15, 0.2) is 5.92 Å². The van der Waals surface area contributed by atoms with Crippen molar-refractivity contribution in [1.29, 1.82) is 0 Å². The van der Waals surface area contributed by atoms with E-state index >= 15 is 0 Å². The Hall–Kier alpha value is -3.62. The summed E-state index contributed by atoms with van der Waals surface area (Å²) < 4.78 is 15.0. The van der Waals surface area contributed by atoms with Crippen molar-refractivity contribution in [3.8, 4) is 0 Å². The van der Waals surface area contributed by atoms with Crippen LogP contribution in [0.3, 0.4) is 0 Å². The quantitative estimate of drug-likeness (QED) is 0.262. The van der Waals surface area contributed by atoms with Gasteiger partial charge in [0.25, 0.3) is 11.6 Å². The van der Waals surface area contributed by atoms with E-state index in [1.54, 1.807) is 31.0 Å². The van der Waals surface area contributed by atoms with Crippen LogP contribution in [0.25, 0.3) is 0 Å². The van der Waals surface area contributed by atoms with E-state index in [1.165, 1.54) is 13.8 Å². The molecular formula is C23H26N4O5. The number of aromatic nitrogens is 4. The Morgan fingerprint density at radius 2 is 1.78 bits per heavy atom. The van der Waals surface area contributed by atoms with Gasteiger partial charge in [-0.25, -0.2) is 9.30 Å². The van der Waals surface area contributed by atoms with Crippen LogP contribution in [0.4, 0.5) is 0 Å². The molecule has 3 aromatic rings. The summed E-state index contributed by atoms with van der Waals surface area (Å²) in [6.45, 7) is 6.96. The van der Waals surface area contributed by atoms with Crippen molar-refractivity contribution < 1.29 is 23.8 Å². The number of rotatable bonds is 5. The first-order valence-corrected chi connectivity index (χ1v) is 10.4. The predicted molar refractivity (Wildman–Crippen MR) is 113 cm³/mol. The first kappa shape index (κ1) is 21.6. The highest BCUT2D eigenvalue weighted by atomic mass is 16.7. The van der Waals surface area contributed by atoms with E-state index in [0.717, 1.165) is 16.0 Å². The second-order valence-corrected chi connectivity index (χ2v) is 8.54. The molecule has 9 nitrogen and oxygen atoms in total. The summed E-state index contributed by atoms with van der Waals surface area (Å²) in [6.07, 6.45) is 3.24. The lowest BCUT2D eigenvalue weighted by atomic mass is 9.85. The van der Waals surface area contributed by atoms with Gasteiger partial charge in [-0.05, 0) is 5.56 Å². The number of carbonyl (C=O) groups excluding carboxylic acids is 2. The maximum absolute atomic E-state index is 13.4. The number of esters is 2. The Balaban J connectivity index is 1.90. The van der Waals surface area contributed by atoms with E-state index in [9.17, 15) is 14.8 Å². The van der Waals surface area contributed by atoms with Gasteiger partial charge in [0.1, 0.15) is 23.9 Å². The molecule has 0 aliphatic carbocycles. The lowest BCUT2D eigenvalue weighted by Crippen LogP contribution is -2.50. The lowest BCUT2D eigenvalue weighted by molar-refractivity contribution is -0.621. The van der Waals surface area contributed by atoms with Crippen molar-refractivity contribution in [2.24, 2.45) is 13.0 Å². The fourth-order valence-electron chi connectivity index (χ4n) is 4.15. The third-order valence-corrected chi connectivity index (χ3v) is 5.80. The molecule has 1 fully saturated rings. The average molecular weight is 438 g/mol. The van der Waals surface area contributed by atoms with Gasteiger partial charge in [-0.2, -0.15) is 5.10 Å². The van der Waals surface area contributed by atoms with Crippen LogP contribution in [-0.4, -0.2) is 32.1 Å². The van der Waals surface area contributed by atoms with E-state index in [0.29, 0.717) is 17.8 Å². The Kier molecular flexibility index (Phi) is 5.28. The summed E-state index contributed by atoms with van der Waals surface area (Å²) in [4.78, 5) is 26.0. The topological polar surface area (TPSA) is 102 Å². The zero-order chi connectivity index (χ0) is 23.2. The third-order valence-electron chi connectivity index (χ3n) is 5.80. The Morgan fingerprint density at radius 1 is 1.16 bits per heavy atom. The number of imidazole rings is 1. The molecule has 0 bridgehead atoms. The van der Waals surface area contributed by atoms with Crippen LogP contribution in [-0.2, 0) is 32.7 Å². The number of cyclic esters (lactones) is 2. The normalized spacial score (nSPS) is 17.2. The first-order chi connectivity index (χ1) is 15.1. The van der Waals surface area contributed by atoms with Crippen LogP contribution >= 0.6 is 0 Å². The fraction of sp³-hybridized carbons (Fsp3) is 0.391.